The van der Waals surface area contributed by atoms with Crippen molar-refractivity contribution in [2.24, 2.45) is 11.8 Å². The molecular formula is C11H8Cl6O4. The van der Waals surface area contributed by atoms with Crippen LogP contribution in [0.5, 0.6) is 0 Å². The molecule has 2 rings (SSSR count). The molecular weight excluding hydrogens is 409 g/mol. The third-order valence-electron chi connectivity index (χ3n) is 3.85. The Morgan fingerprint density at radius 1 is 0.857 bits per heavy atom. The molecule has 0 aromatic rings. The van der Waals surface area contributed by atoms with Gasteiger partial charge in [0.05, 0.1) is 36.1 Å². The van der Waals surface area contributed by atoms with Crippen LogP contribution in [0.3, 0.4) is 0 Å². The summed E-state index contributed by atoms with van der Waals surface area (Å²) in [5.41, 5.74) is 0. The van der Waals surface area contributed by atoms with Gasteiger partial charge in [-0.2, -0.15) is 0 Å². The molecule has 2 aliphatic rings. The van der Waals surface area contributed by atoms with Gasteiger partial charge < -0.3 is 9.47 Å². The number of methoxy groups -OCH3 is 2. The molecule has 118 valence electrons. The highest BCUT2D eigenvalue weighted by Gasteiger charge is 2.85. The van der Waals surface area contributed by atoms with Gasteiger partial charge in [0.15, 0.2) is 4.33 Å². The molecule has 1 saturated carbocycles. The monoisotopic (exact) mass is 414 g/mol. The van der Waals surface area contributed by atoms with Gasteiger partial charge in [-0.1, -0.05) is 46.4 Å². The molecule has 0 radical (unpaired) electrons. The van der Waals surface area contributed by atoms with Crippen molar-refractivity contribution in [1.82, 2.24) is 0 Å². The predicted octanol–water partition coefficient (Wildman–Crippen LogP) is 3.41. The lowest BCUT2D eigenvalue weighted by atomic mass is 9.82. The molecule has 0 aromatic heterocycles. The maximum atomic E-state index is 12.1. The number of fused-ring (bicyclic) bond motifs is 2. The lowest BCUT2D eigenvalue weighted by Gasteiger charge is -2.32. The van der Waals surface area contributed by atoms with Crippen molar-refractivity contribution in [3.05, 3.63) is 10.1 Å². The molecule has 0 amide bonds. The van der Waals surface area contributed by atoms with Crippen LogP contribution >= 0.6 is 69.6 Å². The summed E-state index contributed by atoms with van der Waals surface area (Å²) >= 11 is 37.6. The lowest BCUT2D eigenvalue weighted by molar-refractivity contribution is -0.157. The van der Waals surface area contributed by atoms with E-state index >= 15 is 0 Å². The van der Waals surface area contributed by atoms with Crippen LogP contribution in [0.4, 0.5) is 0 Å². The van der Waals surface area contributed by atoms with E-state index in [1.54, 1.807) is 0 Å². The summed E-state index contributed by atoms with van der Waals surface area (Å²) in [6, 6.07) is 0. The van der Waals surface area contributed by atoms with E-state index in [1.807, 2.05) is 0 Å². The third kappa shape index (κ3) is 1.78. The number of halogens is 6. The molecule has 0 spiro atoms. The van der Waals surface area contributed by atoms with Crippen LogP contribution in [-0.4, -0.2) is 40.2 Å². The van der Waals surface area contributed by atoms with E-state index in [9.17, 15) is 9.59 Å². The van der Waals surface area contributed by atoms with Crippen LogP contribution in [0, 0.1) is 11.8 Å². The van der Waals surface area contributed by atoms with E-state index in [-0.39, 0.29) is 10.1 Å². The summed E-state index contributed by atoms with van der Waals surface area (Å²) in [4.78, 5) is 20.4. The molecule has 0 unspecified atom stereocenters. The smallest absolute Gasteiger partial charge is 0.311 e. The van der Waals surface area contributed by atoms with Crippen molar-refractivity contribution in [3.8, 4) is 0 Å². The molecule has 0 saturated heterocycles. The van der Waals surface area contributed by atoms with Crippen molar-refractivity contribution >= 4 is 81.5 Å². The van der Waals surface area contributed by atoms with Gasteiger partial charge in [-0.3, -0.25) is 9.59 Å². The minimum Gasteiger partial charge on any atom is -0.469 e. The Kier molecular flexibility index (Phi) is 4.41. The van der Waals surface area contributed by atoms with Gasteiger partial charge in [0.25, 0.3) is 0 Å². The number of alkyl halides is 4. The zero-order chi connectivity index (χ0) is 16.4. The van der Waals surface area contributed by atoms with Gasteiger partial charge in [-0.25, -0.2) is 0 Å². The van der Waals surface area contributed by atoms with Gasteiger partial charge in [-0.05, 0) is 0 Å². The van der Waals surface area contributed by atoms with Gasteiger partial charge in [0.1, 0.15) is 9.75 Å². The van der Waals surface area contributed by atoms with Crippen molar-refractivity contribution in [2.75, 3.05) is 14.2 Å². The standard InChI is InChI=1S/C11H8Cl6O4/c1-20-7(18)3-4(8(19)21-2)10(15)6(13)5(12)9(3,14)11(10,16)17/h3-4H,1-2H3/t3-,4+,9-,10+. The zero-order valence-corrected chi connectivity index (χ0v) is 15.1. The Hall–Kier alpha value is 0.420. The third-order valence-corrected chi connectivity index (χ3v) is 8.10. The highest BCUT2D eigenvalue weighted by atomic mass is 35.5. The average Bonchev–Trinajstić information content (AvgIpc) is 2.65. The van der Waals surface area contributed by atoms with Crippen molar-refractivity contribution < 1.29 is 19.1 Å². The van der Waals surface area contributed by atoms with Gasteiger partial charge in [-0.15, -0.1) is 23.2 Å². The Morgan fingerprint density at radius 3 is 1.38 bits per heavy atom. The molecule has 0 aromatic carbocycles. The first-order chi connectivity index (χ1) is 9.53. The topological polar surface area (TPSA) is 52.6 Å². The first kappa shape index (κ1) is 17.8. The normalized spacial score (nSPS) is 40.4. The first-order valence-corrected chi connectivity index (χ1v) is 7.77. The Morgan fingerprint density at radius 2 is 1.14 bits per heavy atom. The fourth-order valence-corrected chi connectivity index (χ4v) is 5.75. The molecule has 21 heavy (non-hydrogen) atoms. The van der Waals surface area contributed by atoms with Crippen LogP contribution in [0.25, 0.3) is 0 Å². The quantitative estimate of drug-likeness (QED) is 0.511. The van der Waals surface area contributed by atoms with E-state index in [1.165, 1.54) is 0 Å². The van der Waals surface area contributed by atoms with Crippen molar-refractivity contribution in [2.45, 2.75) is 14.1 Å². The van der Waals surface area contributed by atoms with E-state index in [0.717, 1.165) is 14.2 Å². The second-order valence-corrected chi connectivity index (χ2v) is 7.90. The number of rotatable bonds is 2. The first-order valence-electron chi connectivity index (χ1n) is 5.50. The summed E-state index contributed by atoms with van der Waals surface area (Å²) in [5, 5.41) is -0.386. The molecule has 2 aliphatic carbocycles. The van der Waals surface area contributed by atoms with Gasteiger partial charge in [0.2, 0.25) is 0 Å². The maximum absolute atomic E-state index is 12.1. The molecule has 2 bridgehead atoms. The number of esters is 2. The van der Waals surface area contributed by atoms with Crippen LogP contribution in [0.15, 0.2) is 10.1 Å². The van der Waals surface area contributed by atoms with Gasteiger partial charge >= 0.3 is 11.9 Å². The van der Waals surface area contributed by atoms with Crippen LogP contribution < -0.4 is 0 Å². The fourth-order valence-electron chi connectivity index (χ4n) is 2.83. The number of hydrogen-bond donors (Lipinski definition) is 0. The number of carbonyl (C=O) groups excluding carboxylic acids is 2. The molecule has 1 fully saturated rings. The Labute approximate surface area is 150 Å². The summed E-state index contributed by atoms with van der Waals surface area (Å²) in [6.07, 6.45) is 0. The summed E-state index contributed by atoms with van der Waals surface area (Å²) in [5.74, 6) is -4.40. The minimum absolute atomic E-state index is 0.193. The largest absolute Gasteiger partial charge is 0.469 e. The number of ether oxygens (including phenoxy) is 2. The second-order valence-electron chi connectivity index (χ2n) is 4.63. The number of carbonyl (C=O) groups is 2. The summed E-state index contributed by atoms with van der Waals surface area (Å²) in [7, 11) is 2.24. The predicted molar refractivity (Wildman–Crippen MR) is 81.3 cm³/mol. The van der Waals surface area contributed by atoms with Crippen molar-refractivity contribution in [3.63, 3.8) is 0 Å². The summed E-state index contributed by atoms with van der Waals surface area (Å²) in [6.45, 7) is 0. The van der Waals surface area contributed by atoms with E-state index < -0.39 is 37.9 Å². The Balaban J connectivity index is 2.79. The van der Waals surface area contributed by atoms with Crippen LogP contribution in [0.1, 0.15) is 0 Å². The van der Waals surface area contributed by atoms with E-state index in [0.29, 0.717) is 0 Å². The SMILES string of the molecule is COC(=O)[C@@H]1[C@H](C(=O)OC)[C@@]2(Cl)C(Cl)=C(Cl)[C@]1(Cl)C2(Cl)Cl. The average molecular weight is 417 g/mol. The Bertz CT molecular complexity index is 515. The number of allylic oxidation sites excluding steroid dienone is 2. The van der Waals surface area contributed by atoms with Gasteiger partial charge in [0, 0.05) is 0 Å². The van der Waals surface area contributed by atoms with E-state index in [2.05, 4.69) is 9.47 Å². The van der Waals surface area contributed by atoms with Crippen LogP contribution in [-0.2, 0) is 19.1 Å². The highest BCUT2D eigenvalue weighted by Crippen LogP contribution is 2.76. The molecule has 0 N–H and O–H groups in total. The van der Waals surface area contributed by atoms with Crippen LogP contribution in [0.2, 0.25) is 0 Å². The lowest BCUT2D eigenvalue weighted by Crippen LogP contribution is -2.46. The fraction of sp³-hybridized carbons (Fsp3) is 0.636. The summed E-state index contributed by atoms with van der Waals surface area (Å²) < 4.78 is 7.32. The molecule has 4 atom stereocenters. The molecule has 0 aliphatic heterocycles. The number of hydrogen-bond acceptors (Lipinski definition) is 4. The highest BCUT2D eigenvalue weighted by molar-refractivity contribution is 6.66. The molecule has 4 nitrogen and oxygen atoms in total. The van der Waals surface area contributed by atoms with E-state index in [4.69, 9.17) is 69.6 Å². The van der Waals surface area contributed by atoms with Crippen molar-refractivity contribution in [1.29, 1.82) is 0 Å². The molecule has 0 heterocycles. The zero-order valence-electron chi connectivity index (χ0n) is 10.6. The minimum atomic E-state index is -2.02. The maximum Gasteiger partial charge on any atom is 0.311 e. The molecule has 10 heteroatoms. The second kappa shape index (κ2) is 5.22.